The zero-order valence-electron chi connectivity index (χ0n) is 15.8. The van der Waals surface area contributed by atoms with Crippen LogP contribution in [-0.4, -0.2) is 42.7 Å². The lowest BCUT2D eigenvalue weighted by Gasteiger charge is -2.12. The Hall–Kier alpha value is -3.33. The molecule has 0 bridgehead atoms. The van der Waals surface area contributed by atoms with E-state index >= 15 is 0 Å². The van der Waals surface area contributed by atoms with Gasteiger partial charge in [-0.3, -0.25) is 9.59 Å². The number of hydrogen-bond acceptors (Lipinski definition) is 7. The fourth-order valence-corrected chi connectivity index (χ4v) is 3.03. The van der Waals surface area contributed by atoms with Gasteiger partial charge in [-0.1, -0.05) is 12.1 Å². The van der Waals surface area contributed by atoms with Crippen molar-refractivity contribution in [1.29, 1.82) is 0 Å². The van der Waals surface area contributed by atoms with Gasteiger partial charge in [-0.2, -0.15) is 0 Å². The highest BCUT2D eigenvalue weighted by atomic mass is 32.2. The molecule has 152 valence electrons. The number of hydrogen-bond donors (Lipinski definition) is 2. The van der Waals surface area contributed by atoms with E-state index in [2.05, 4.69) is 10.1 Å². The zero-order valence-corrected chi connectivity index (χ0v) is 16.7. The largest absolute Gasteiger partial charge is 0.465 e. The van der Waals surface area contributed by atoms with Crippen molar-refractivity contribution < 1.29 is 28.7 Å². The number of rotatable bonds is 8. The molecule has 29 heavy (non-hydrogen) atoms. The molecule has 0 aliphatic rings. The third-order valence-corrected chi connectivity index (χ3v) is 4.81. The van der Waals surface area contributed by atoms with Crippen molar-refractivity contribution >= 4 is 41.2 Å². The number of anilines is 1. The lowest BCUT2D eigenvalue weighted by molar-refractivity contribution is -0.125. The summed E-state index contributed by atoms with van der Waals surface area (Å²) in [6.45, 7) is 1.38. The standard InChI is InChI=1S/C20H20N2O6S/c1-12(18(21)24)28-20(26)15-5-3-4-6-16(15)29-11-17(23)22-14-9-7-13(8-10-14)19(25)27-2/h3-10,12H,11H2,1-2H3,(H2,21,24)(H,22,23)/t12-/m1/s1. The van der Waals surface area contributed by atoms with Crippen LogP contribution in [0, 0.1) is 0 Å². The van der Waals surface area contributed by atoms with Gasteiger partial charge in [-0.05, 0) is 43.3 Å². The van der Waals surface area contributed by atoms with E-state index in [1.807, 2.05) is 0 Å². The van der Waals surface area contributed by atoms with Gasteiger partial charge in [0.15, 0.2) is 6.10 Å². The van der Waals surface area contributed by atoms with E-state index in [4.69, 9.17) is 10.5 Å². The van der Waals surface area contributed by atoms with Crippen LogP contribution in [0.3, 0.4) is 0 Å². The first kappa shape index (κ1) is 22.0. The molecule has 2 amide bonds. The molecule has 0 saturated carbocycles. The van der Waals surface area contributed by atoms with Gasteiger partial charge in [0, 0.05) is 10.6 Å². The summed E-state index contributed by atoms with van der Waals surface area (Å²) in [7, 11) is 1.29. The first-order valence-corrected chi connectivity index (χ1v) is 9.50. The minimum absolute atomic E-state index is 0.0361. The third kappa shape index (κ3) is 6.35. The highest BCUT2D eigenvalue weighted by Crippen LogP contribution is 2.24. The molecule has 0 fully saturated rings. The third-order valence-electron chi connectivity index (χ3n) is 3.74. The van der Waals surface area contributed by atoms with Crippen LogP contribution >= 0.6 is 11.8 Å². The lowest BCUT2D eigenvalue weighted by Crippen LogP contribution is -2.30. The van der Waals surface area contributed by atoms with E-state index in [1.54, 1.807) is 48.5 Å². The summed E-state index contributed by atoms with van der Waals surface area (Å²) >= 11 is 1.15. The second kappa shape index (κ2) is 10.3. The SMILES string of the molecule is COC(=O)c1ccc(NC(=O)CSc2ccccc2C(=O)O[C@H](C)C(N)=O)cc1. The number of carbonyl (C=O) groups excluding carboxylic acids is 4. The molecule has 2 rings (SSSR count). The monoisotopic (exact) mass is 416 g/mol. The van der Waals surface area contributed by atoms with Gasteiger partial charge in [-0.15, -0.1) is 11.8 Å². The predicted molar refractivity (Wildman–Crippen MR) is 108 cm³/mol. The van der Waals surface area contributed by atoms with Crippen molar-refractivity contribution in [2.75, 3.05) is 18.2 Å². The number of primary amides is 1. The molecule has 0 saturated heterocycles. The maximum Gasteiger partial charge on any atom is 0.340 e. The van der Waals surface area contributed by atoms with Gasteiger partial charge in [0.05, 0.1) is 24.0 Å². The van der Waals surface area contributed by atoms with Crippen LogP contribution in [0.1, 0.15) is 27.6 Å². The van der Waals surface area contributed by atoms with Gasteiger partial charge in [-0.25, -0.2) is 9.59 Å². The van der Waals surface area contributed by atoms with Crippen LogP contribution < -0.4 is 11.1 Å². The van der Waals surface area contributed by atoms with Gasteiger partial charge in [0.2, 0.25) is 5.91 Å². The van der Waals surface area contributed by atoms with Crippen LogP contribution in [0.15, 0.2) is 53.4 Å². The summed E-state index contributed by atoms with van der Waals surface area (Å²) in [4.78, 5) is 47.5. The average Bonchev–Trinajstić information content (AvgIpc) is 2.72. The van der Waals surface area contributed by atoms with Crippen LogP contribution in [0.4, 0.5) is 5.69 Å². The number of esters is 2. The molecule has 8 nitrogen and oxygen atoms in total. The first-order valence-electron chi connectivity index (χ1n) is 8.52. The van der Waals surface area contributed by atoms with Crippen molar-refractivity contribution in [3.05, 3.63) is 59.7 Å². The quantitative estimate of drug-likeness (QED) is 0.499. The van der Waals surface area contributed by atoms with E-state index in [0.717, 1.165) is 11.8 Å². The molecule has 0 aliphatic carbocycles. The van der Waals surface area contributed by atoms with Crippen LogP contribution in [-0.2, 0) is 19.1 Å². The Labute approximate surface area is 171 Å². The van der Waals surface area contributed by atoms with Gasteiger partial charge < -0.3 is 20.5 Å². The molecule has 1 atom stereocenters. The zero-order chi connectivity index (χ0) is 21.4. The number of carbonyl (C=O) groups is 4. The van der Waals surface area contributed by atoms with E-state index < -0.39 is 23.9 Å². The molecule has 0 aromatic heterocycles. The Kier molecular flexibility index (Phi) is 7.79. The highest BCUT2D eigenvalue weighted by Gasteiger charge is 2.19. The number of benzene rings is 2. The summed E-state index contributed by atoms with van der Waals surface area (Å²) in [5.41, 5.74) is 6.24. The second-order valence-electron chi connectivity index (χ2n) is 5.85. The van der Waals surface area contributed by atoms with Crippen LogP contribution in [0.25, 0.3) is 0 Å². The fraction of sp³-hybridized carbons (Fsp3) is 0.200. The Bertz CT molecular complexity index is 913. The molecule has 0 unspecified atom stereocenters. The Morgan fingerprint density at radius 2 is 1.69 bits per heavy atom. The summed E-state index contributed by atoms with van der Waals surface area (Å²) in [6, 6.07) is 12.9. The Morgan fingerprint density at radius 1 is 1.03 bits per heavy atom. The molecular formula is C20H20N2O6S. The highest BCUT2D eigenvalue weighted by molar-refractivity contribution is 8.00. The number of methoxy groups -OCH3 is 1. The molecular weight excluding hydrogens is 396 g/mol. The first-order chi connectivity index (χ1) is 13.8. The number of ether oxygens (including phenoxy) is 2. The predicted octanol–water partition coefficient (Wildman–Crippen LogP) is 2.23. The topological polar surface area (TPSA) is 125 Å². The number of nitrogens with two attached hydrogens (primary N) is 1. The van der Waals surface area contributed by atoms with Crippen molar-refractivity contribution in [3.63, 3.8) is 0 Å². The van der Waals surface area contributed by atoms with Crippen molar-refractivity contribution in [2.24, 2.45) is 5.73 Å². The Balaban J connectivity index is 1.97. The molecule has 0 spiro atoms. The smallest absolute Gasteiger partial charge is 0.340 e. The molecule has 2 aromatic carbocycles. The van der Waals surface area contributed by atoms with Gasteiger partial charge in [0.25, 0.3) is 5.91 Å². The van der Waals surface area contributed by atoms with Crippen LogP contribution in [0.5, 0.6) is 0 Å². The summed E-state index contributed by atoms with van der Waals surface area (Å²) in [5, 5.41) is 2.70. The fourth-order valence-electron chi connectivity index (χ4n) is 2.19. The molecule has 0 heterocycles. The van der Waals surface area contributed by atoms with Crippen LogP contribution in [0.2, 0.25) is 0 Å². The molecule has 0 aliphatic heterocycles. The molecule has 0 radical (unpaired) electrons. The van der Waals surface area contributed by atoms with Gasteiger partial charge in [0.1, 0.15) is 0 Å². The molecule has 3 N–H and O–H groups in total. The average molecular weight is 416 g/mol. The number of thioether (sulfide) groups is 1. The van der Waals surface area contributed by atoms with E-state index in [1.165, 1.54) is 14.0 Å². The van der Waals surface area contributed by atoms with E-state index in [0.29, 0.717) is 16.1 Å². The summed E-state index contributed by atoms with van der Waals surface area (Å²) < 4.78 is 9.63. The lowest BCUT2D eigenvalue weighted by atomic mass is 10.2. The van der Waals surface area contributed by atoms with E-state index in [9.17, 15) is 19.2 Å². The minimum atomic E-state index is -1.06. The summed E-state index contributed by atoms with van der Waals surface area (Å²) in [6.07, 6.45) is -1.06. The molecule has 2 aromatic rings. The maximum atomic E-state index is 12.2. The Morgan fingerprint density at radius 3 is 2.31 bits per heavy atom. The van der Waals surface area contributed by atoms with Crippen molar-refractivity contribution in [3.8, 4) is 0 Å². The number of nitrogens with one attached hydrogen (secondary N) is 1. The normalized spacial score (nSPS) is 11.2. The second-order valence-corrected chi connectivity index (χ2v) is 6.87. The summed E-state index contributed by atoms with van der Waals surface area (Å²) in [5.74, 6) is -2.17. The van der Waals surface area contributed by atoms with Crippen molar-refractivity contribution in [2.45, 2.75) is 17.9 Å². The molecule has 9 heteroatoms. The number of amides is 2. The van der Waals surface area contributed by atoms with Crippen molar-refractivity contribution in [1.82, 2.24) is 0 Å². The minimum Gasteiger partial charge on any atom is -0.465 e. The maximum absolute atomic E-state index is 12.2. The van der Waals surface area contributed by atoms with E-state index in [-0.39, 0.29) is 17.2 Å². The van der Waals surface area contributed by atoms with Gasteiger partial charge >= 0.3 is 11.9 Å².